The van der Waals surface area contributed by atoms with E-state index in [2.05, 4.69) is 15.3 Å². The van der Waals surface area contributed by atoms with E-state index in [1.54, 1.807) is 11.6 Å². The topological polar surface area (TPSA) is 69.4 Å². The zero-order chi connectivity index (χ0) is 17.8. The van der Waals surface area contributed by atoms with Gasteiger partial charge in [-0.15, -0.1) is 10.2 Å². The van der Waals surface area contributed by atoms with Crippen LogP contribution in [0.2, 0.25) is 0 Å². The smallest absolute Gasteiger partial charge is 0.216 e. The summed E-state index contributed by atoms with van der Waals surface area (Å²) in [5.74, 6) is 0.650. The van der Waals surface area contributed by atoms with Gasteiger partial charge in [0.1, 0.15) is 11.4 Å². The minimum Gasteiger partial charge on any atom is -0.497 e. The van der Waals surface area contributed by atoms with E-state index in [1.165, 1.54) is 0 Å². The maximum atomic E-state index is 12.6. The summed E-state index contributed by atoms with van der Waals surface area (Å²) >= 11 is 0. The Morgan fingerprint density at radius 2 is 1.81 bits per heavy atom. The lowest BCUT2D eigenvalue weighted by molar-refractivity contribution is 0.103. The van der Waals surface area contributed by atoms with Crippen molar-refractivity contribution in [2.24, 2.45) is 0 Å². The van der Waals surface area contributed by atoms with Gasteiger partial charge in [-0.2, -0.15) is 5.10 Å². The highest BCUT2D eigenvalue weighted by Crippen LogP contribution is 2.37. The molecule has 0 spiro atoms. The second kappa shape index (κ2) is 5.23. The molecule has 0 N–H and O–H groups in total. The highest BCUT2D eigenvalue weighted by Gasteiger charge is 2.32. The molecule has 0 atom stereocenters. The lowest BCUT2D eigenvalue weighted by Gasteiger charge is -2.05. The summed E-state index contributed by atoms with van der Waals surface area (Å²) in [6, 6.07) is 15.2. The molecule has 6 heteroatoms. The fraction of sp³-hybridized carbons (Fsp3) is 0.100. The molecule has 26 heavy (non-hydrogen) atoms. The Bertz CT molecular complexity index is 1210. The number of fused-ring (bicyclic) bond motifs is 5. The summed E-state index contributed by atoms with van der Waals surface area (Å²) in [7, 11) is 1.64. The molecule has 4 aromatic rings. The largest absolute Gasteiger partial charge is 0.497 e. The van der Waals surface area contributed by atoms with Crippen LogP contribution in [-0.2, 0) is 0 Å². The SMILES string of the molecule is COc1cccc(-c2c(C)nn3c4c(nnc23)C(=O)c2ccccc2-4)c1. The second-order valence-electron chi connectivity index (χ2n) is 6.20. The molecule has 0 saturated heterocycles. The number of methoxy groups -OCH3 is 1. The van der Waals surface area contributed by atoms with Crippen LogP contribution in [0.3, 0.4) is 0 Å². The van der Waals surface area contributed by atoms with E-state index in [9.17, 15) is 4.79 Å². The molecule has 0 unspecified atom stereocenters. The number of hydrogen-bond donors (Lipinski definition) is 0. The third-order valence-corrected chi connectivity index (χ3v) is 4.72. The number of aryl methyl sites for hydroxylation is 1. The van der Waals surface area contributed by atoms with Gasteiger partial charge in [0, 0.05) is 11.1 Å². The molecule has 2 heterocycles. The van der Waals surface area contributed by atoms with Gasteiger partial charge in [-0.05, 0) is 24.6 Å². The van der Waals surface area contributed by atoms with Crippen LogP contribution in [0.5, 0.6) is 5.75 Å². The Kier molecular flexibility index (Phi) is 2.97. The number of ketones is 1. The van der Waals surface area contributed by atoms with Gasteiger partial charge in [-0.25, -0.2) is 4.52 Å². The lowest BCUT2D eigenvalue weighted by Crippen LogP contribution is -2.04. The van der Waals surface area contributed by atoms with Crippen LogP contribution >= 0.6 is 0 Å². The van der Waals surface area contributed by atoms with Gasteiger partial charge in [-0.3, -0.25) is 4.79 Å². The summed E-state index contributed by atoms with van der Waals surface area (Å²) in [6.45, 7) is 1.93. The number of ether oxygens (including phenoxy) is 1. The maximum Gasteiger partial charge on any atom is 0.216 e. The predicted octanol–water partition coefficient (Wildman–Crippen LogP) is 3.32. The predicted molar refractivity (Wildman–Crippen MR) is 96.4 cm³/mol. The van der Waals surface area contributed by atoms with Crippen LogP contribution in [0.25, 0.3) is 28.0 Å². The molecule has 2 aromatic carbocycles. The molecule has 0 amide bonds. The number of aromatic nitrogens is 4. The van der Waals surface area contributed by atoms with Crippen LogP contribution in [0.15, 0.2) is 48.5 Å². The Hall–Kier alpha value is -3.54. The molecule has 0 fully saturated rings. The van der Waals surface area contributed by atoms with E-state index in [4.69, 9.17) is 4.74 Å². The molecule has 1 aliphatic rings. The van der Waals surface area contributed by atoms with Crippen LogP contribution in [0, 0.1) is 6.92 Å². The van der Waals surface area contributed by atoms with Gasteiger partial charge in [0.05, 0.1) is 18.4 Å². The summed E-state index contributed by atoms with van der Waals surface area (Å²) < 4.78 is 7.06. The van der Waals surface area contributed by atoms with Gasteiger partial charge in [-0.1, -0.05) is 36.4 Å². The first-order chi connectivity index (χ1) is 12.7. The van der Waals surface area contributed by atoms with Crippen molar-refractivity contribution in [3.05, 3.63) is 65.5 Å². The molecule has 126 valence electrons. The first-order valence-corrected chi connectivity index (χ1v) is 8.23. The normalized spacial score (nSPS) is 12.3. The maximum absolute atomic E-state index is 12.6. The molecule has 2 aromatic heterocycles. The monoisotopic (exact) mass is 342 g/mol. The van der Waals surface area contributed by atoms with Gasteiger partial charge in [0.2, 0.25) is 5.78 Å². The van der Waals surface area contributed by atoms with E-state index in [0.717, 1.165) is 28.1 Å². The highest BCUT2D eigenvalue weighted by molar-refractivity contribution is 6.20. The van der Waals surface area contributed by atoms with Crippen LogP contribution in [0.1, 0.15) is 21.7 Å². The summed E-state index contributed by atoms with van der Waals surface area (Å²) in [5, 5.41) is 13.2. The molecule has 0 saturated carbocycles. The highest BCUT2D eigenvalue weighted by atomic mass is 16.5. The number of nitrogens with zero attached hydrogens (tertiary/aromatic N) is 4. The minimum atomic E-state index is -0.110. The van der Waals surface area contributed by atoms with Gasteiger partial charge < -0.3 is 4.74 Å². The number of carbonyl (C=O) groups is 1. The van der Waals surface area contributed by atoms with Crippen molar-refractivity contribution in [3.8, 4) is 28.1 Å². The van der Waals surface area contributed by atoms with Gasteiger partial charge in [0.25, 0.3) is 0 Å². The van der Waals surface area contributed by atoms with Crippen LogP contribution < -0.4 is 4.74 Å². The van der Waals surface area contributed by atoms with Crippen LogP contribution in [0.4, 0.5) is 0 Å². The molecule has 5 rings (SSSR count). The van der Waals surface area contributed by atoms with E-state index in [1.807, 2.05) is 55.5 Å². The van der Waals surface area contributed by atoms with Crippen molar-refractivity contribution in [1.82, 2.24) is 19.8 Å². The number of hydrogen-bond acceptors (Lipinski definition) is 5. The Morgan fingerprint density at radius 1 is 1.00 bits per heavy atom. The van der Waals surface area contributed by atoms with Crippen molar-refractivity contribution in [3.63, 3.8) is 0 Å². The van der Waals surface area contributed by atoms with Crippen molar-refractivity contribution in [2.75, 3.05) is 7.11 Å². The zero-order valence-electron chi connectivity index (χ0n) is 14.2. The number of carbonyl (C=O) groups excluding carboxylic acids is 1. The average Bonchev–Trinajstić information content (AvgIpc) is 3.16. The minimum absolute atomic E-state index is 0.110. The number of benzene rings is 2. The molecule has 0 aliphatic heterocycles. The molecule has 1 aliphatic carbocycles. The van der Waals surface area contributed by atoms with E-state index in [0.29, 0.717) is 22.6 Å². The van der Waals surface area contributed by atoms with Gasteiger partial charge in [0.15, 0.2) is 11.3 Å². The van der Waals surface area contributed by atoms with E-state index >= 15 is 0 Å². The average molecular weight is 342 g/mol. The Labute approximate surface area is 149 Å². The number of rotatable bonds is 2. The summed E-state index contributed by atoms with van der Waals surface area (Å²) in [5.41, 5.74) is 5.80. The quantitative estimate of drug-likeness (QED) is 0.492. The molecule has 0 radical (unpaired) electrons. The Morgan fingerprint density at radius 3 is 2.62 bits per heavy atom. The summed E-state index contributed by atoms with van der Waals surface area (Å²) in [4.78, 5) is 12.6. The third-order valence-electron chi connectivity index (χ3n) is 4.72. The standard InChI is InChI=1S/C20H14N4O2/c1-11-16(12-6-5-7-13(10-12)26-2)20-22-21-17-18(24(20)23-11)14-8-3-4-9-15(14)19(17)25/h3-10H,1-2H3. The Balaban J connectivity index is 1.84. The fourth-order valence-electron chi connectivity index (χ4n) is 3.53. The lowest BCUT2D eigenvalue weighted by atomic mass is 10.1. The molecule has 6 nitrogen and oxygen atoms in total. The van der Waals surface area contributed by atoms with Crippen molar-refractivity contribution >= 4 is 11.4 Å². The van der Waals surface area contributed by atoms with Crippen LogP contribution in [-0.4, -0.2) is 32.7 Å². The van der Waals surface area contributed by atoms with Gasteiger partial charge >= 0.3 is 0 Å². The third kappa shape index (κ3) is 1.86. The van der Waals surface area contributed by atoms with Crippen molar-refractivity contribution in [2.45, 2.75) is 6.92 Å². The van der Waals surface area contributed by atoms with Crippen molar-refractivity contribution in [1.29, 1.82) is 0 Å². The fourth-order valence-corrected chi connectivity index (χ4v) is 3.53. The van der Waals surface area contributed by atoms with E-state index in [-0.39, 0.29) is 5.78 Å². The second-order valence-corrected chi connectivity index (χ2v) is 6.20. The van der Waals surface area contributed by atoms with Crippen molar-refractivity contribution < 1.29 is 9.53 Å². The summed E-state index contributed by atoms with van der Waals surface area (Å²) in [6.07, 6.45) is 0. The molecular weight excluding hydrogens is 328 g/mol. The first-order valence-electron chi connectivity index (χ1n) is 8.23. The van der Waals surface area contributed by atoms with E-state index < -0.39 is 0 Å². The zero-order valence-corrected chi connectivity index (χ0v) is 14.2. The first kappa shape index (κ1) is 14.8. The molecular formula is C20H14N4O2. The molecule has 0 bridgehead atoms.